The first kappa shape index (κ1) is 13.2. The van der Waals surface area contributed by atoms with Crippen LogP contribution in [0.2, 0.25) is 0 Å². The fraction of sp³-hybridized carbons (Fsp3) is 1.00. The standard InChI is InChI=1S/C10H22ClNO/c1-5-7-13-8-6-12-10(3,4)9(2)11/h9,12H,5-8H2,1-4H3. The molecule has 0 aliphatic carbocycles. The maximum atomic E-state index is 6.01. The zero-order valence-electron chi connectivity index (χ0n) is 9.19. The molecular formula is C10H22ClNO. The van der Waals surface area contributed by atoms with Gasteiger partial charge in [-0.05, 0) is 27.2 Å². The molecule has 0 saturated heterocycles. The summed E-state index contributed by atoms with van der Waals surface area (Å²) in [6.45, 7) is 10.8. The van der Waals surface area contributed by atoms with Gasteiger partial charge >= 0.3 is 0 Å². The van der Waals surface area contributed by atoms with Crippen LogP contribution in [0, 0.1) is 0 Å². The summed E-state index contributed by atoms with van der Waals surface area (Å²) in [4.78, 5) is 0. The van der Waals surface area contributed by atoms with E-state index >= 15 is 0 Å². The summed E-state index contributed by atoms with van der Waals surface area (Å²) in [5.41, 5.74) is -0.0167. The Morgan fingerprint density at radius 2 is 2.00 bits per heavy atom. The van der Waals surface area contributed by atoms with Crippen molar-refractivity contribution in [3.8, 4) is 0 Å². The van der Waals surface area contributed by atoms with Crippen LogP contribution in [0.3, 0.4) is 0 Å². The van der Waals surface area contributed by atoms with Crippen molar-refractivity contribution < 1.29 is 4.74 Å². The van der Waals surface area contributed by atoms with Crippen LogP contribution in [0.25, 0.3) is 0 Å². The van der Waals surface area contributed by atoms with Crippen molar-refractivity contribution in [1.29, 1.82) is 0 Å². The number of rotatable bonds is 7. The summed E-state index contributed by atoms with van der Waals surface area (Å²) in [5, 5.41) is 3.48. The van der Waals surface area contributed by atoms with Crippen LogP contribution in [0.5, 0.6) is 0 Å². The summed E-state index contributed by atoms with van der Waals surface area (Å²) >= 11 is 6.01. The number of ether oxygens (including phenoxy) is 1. The van der Waals surface area contributed by atoms with E-state index < -0.39 is 0 Å². The molecule has 0 heterocycles. The third kappa shape index (κ3) is 6.30. The second-order valence-corrected chi connectivity index (χ2v) is 4.53. The average molecular weight is 208 g/mol. The monoisotopic (exact) mass is 207 g/mol. The zero-order chi connectivity index (χ0) is 10.3. The van der Waals surface area contributed by atoms with Crippen molar-refractivity contribution in [1.82, 2.24) is 5.32 Å². The molecule has 0 amide bonds. The Bertz CT molecular complexity index is 126. The second kappa shape index (κ2) is 6.63. The van der Waals surface area contributed by atoms with Gasteiger partial charge in [-0.15, -0.1) is 11.6 Å². The Morgan fingerprint density at radius 3 is 2.46 bits per heavy atom. The van der Waals surface area contributed by atoms with Crippen LogP contribution < -0.4 is 5.32 Å². The number of nitrogens with one attached hydrogen (secondary N) is 1. The summed E-state index contributed by atoms with van der Waals surface area (Å²) in [6.07, 6.45) is 1.08. The van der Waals surface area contributed by atoms with E-state index in [2.05, 4.69) is 26.1 Å². The van der Waals surface area contributed by atoms with Gasteiger partial charge < -0.3 is 10.1 Å². The van der Waals surface area contributed by atoms with Gasteiger partial charge in [0.15, 0.2) is 0 Å². The van der Waals surface area contributed by atoms with Gasteiger partial charge in [0.05, 0.1) is 6.61 Å². The lowest BCUT2D eigenvalue weighted by Gasteiger charge is -2.29. The van der Waals surface area contributed by atoms with Crippen LogP contribution in [0.1, 0.15) is 34.1 Å². The molecule has 13 heavy (non-hydrogen) atoms. The number of halogens is 1. The lowest BCUT2D eigenvalue weighted by atomic mass is 10.0. The first-order valence-electron chi connectivity index (χ1n) is 4.97. The maximum absolute atomic E-state index is 6.01. The SMILES string of the molecule is CCCOCCNC(C)(C)C(C)Cl. The van der Waals surface area contributed by atoms with Crippen LogP contribution in [0.15, 0.2) is 0 Å². The fourth-order valence-electron chi connectivity index (χ4n) is 0.832. The lowest BCUT2D eigenvalue weighted by molar-refractivity contribution is 0.130. The molecule has 0 aliphatic heterocycles. The van der Waals surface area contributed by atoms with Gasteiger partial charge in [0.2, 0.25) is 0 Å². The van der Waals surface area contributed by atoms with Gasteiger partial charge in [-0.25, -0.2) is 0 Å². The predicted molar refractivity (Wildman–Crippen MR) is 58.5 cm³/mol. The van der Waals surface area contributed by atoms with Crippen molar-refractivity contribution in [2.75, 3.05) is 19.8 Å². The molecule has 1 atom stereocenters. The molecule has 2 nitrogen and oxygen atoms in total. The van der Waals surface area contributed by atoms with E-state index in [1.54, 1.807) is 0 Å². The first-order chi connectivity index (χ1) is 6.00. The largest absolute Gasteiger partial charge is 0.380 e. The number of alkyl halides is 1. The van der Waals surface area contributed by atoms with E-state index in [9.17, 15) is 0 Å². The molecule has 0 rings (SSSR count). The van der Waals surface area contributed by atoms with E-state index in [0.29, 0.717) is 0 Å². The van der Waals surface area contributed by atoms with Crippen LogP contribution in [-0.4, -0.2) is 30.7 Å². The maximum Gasteiger partial charge on any atom is 0.0591 e. The molecule has 0 radical (unpaired) electrons. The summed E-state index contributed by atoms with van der Waals surface area (Å²) in [7, 11) is 0. The van der Waals surface area contributed by atoms with E-state index in [1.165, 1.54) is 0 Å². The summed E-state index contributed by atoms with van der Waals surface area (Å²) in [5.74, 6) is 0. The van der Waals surface area contributed by atoms with Crippen molar-refractivity contribution in [3.05, 3.63) is 0 Å². The minimum atomic E-state index is -0.0167. The van der Waals surface area contributed by atoms with E-state index in [4.69, 9.17) is 16.3 Å². The molecule has 0 aliphatic rings. The van der Waals surface area contributed by atoms with Gasteiger partial charge in [-0.2, -0.15) is 0 Å². The molecule has 80 valence electrons. The van der Waals surface area contributed by atoms with Crippen molar-refractivity contribution in [2.24, 2.45) is 0 Å². The Hall–Kier alpha value is 0.210. The highest BCUT2D eigenvalue weighted by molar-refractivity contribution is 6.21. The van der Waals surface area contributed by atoms with Crippen molar-refractivity contribution in [2.45, 2.75) is 45.0 Å². The van der Waals surface area contributed by atoms with Crippen molar-refractivity contribution in [3.63, 3.8) is 0 Å². The first-order valence-corrected chi connectivity index (χ1v) is 5.41. The third-order valence-corrected chi connectivity index (χ3v) is 2.72. The number of hydrogen-bond donors (Lipinski definition) is 1. The molecule has 3 heteroatoms. The van der Waals surface area contributed by atoms with Crippen molar-refractivity contribution >= 4 is 11.6 Å². The van der Waals surface area contributed by atoms with Gasteiger partial charge in [0.25, 0.3) is 0 Å². The Balaban J connectivity index is 3.41. The molecule has 0 aromatic heterocycles. The molecule has 0 fully saturated rings. The molecular weight excluding hydrogens is 186 g/mol. The molecule has 0 aromatic rings. The average Bonchev–Trinajstić information content (AvgIpc) is 2.03. The zero-order valence-corrected chi connectivity index (χ0v) is 9.95. The quantitative estimate of drug-likeness (QED) is 0.512. The van der Waals surface area contributed by atoms with E-state index in [1.807, 2.05) is 6.92 Å². The van der Waals surface area contributed by atoms with Gasteiger partial charge in [-0.1, -0.05) is 6.92 Å². The smallest absolute Gasteiger partial charge is 0.0591 e. The van der Waals surface area contributed by atoms with E-state index in [0.717, 1.165) is 26.2 Å². The molecule has 0 aromatic carbocycles. The summed E-state index contributed by atoms with van der Waals surface area (Å²) < 4.78 is 5.35. The topological polar surface area (TPSA) is 21.3 Å². The molecule has 1 N–H and O–H groups in total. The molecule has 0 bridgehead atoms. The Labute approximate surface area is 87.0 Å². The summed E-state index contributed by atoms with van der Waals surface area (Å²) in [6, 6.07) is 0. The van der Waals surface area contributed by atoms with E-state index in [-0.39, 0.29) is 10.9 Å². The minimum Gasteiger partial charge on any atom is -0.380 e. The second-order valence-electron chi connectivity index (χ2n) is 3.88. The van der Waals surface area contributed by atoms with Gasteiger partial charge in [-0.3, -0.25) is 0 Å². The highest BCUT2D eigenvalue weighted by Crippen LogP contribution is 2.13. The third-order valence-electron chi connectivity index (χ3n) is 2.17. The molecule has 0 saturated carbocycles. The van der Waals surface area contributed by atoms with Crippen LogP contribution in [0.4, 0.5) is 0 Å². The van der Waals surface area contributed by atoms with Gasteiger partial charge in [0.1, 0.15) is 0 Å². The highest BCUT2D eigenvalue weighted by Gasteiger charge is 2.22. The molecule has 0 spiro atoms. The van der Waals surface area contributed by atoms with Crippen LogP contribution >= 0.6 is 11.6 Å². The number of hydrogen-bond acceptors (Lipinski definition) is 2. The Kier molecular flexibility index (Phi) is 6.74. The normalized spacial score (nSPS) is 14.5. The Morgan fingerprint density at radius 1 is 1.38 bits per heavy atom. The van der Waals surface area contributed by atoms with Gasteiger partial charge in [0, 0.05) is 24.1 Å². The minimum absolute atomic E-state index is 0.0167. The lowest BCUT2D eigenvalue weighted by Crippen LogP contribution is -2.47. The predicted octanol–water partition coefficient (Wildman–Crippen LogP) is 2.41. The molecule has 1 unspecified atom stereocenters. The van der Waals surface area contributed by atoms with Crippen LogP contribution in [-0.2, 0) is 4.74 Å². The highest BCUT2D eigenvalue weighted by atomic mass is 35.5. The fourth-order valence-corrected chi connectivity index (χ4v) is 0.910.